The largest absolute Gasteiger partial charge is 0.434 e. The zero-order valence-electron chi connectivity index (χ0n) is 16.8. The second-order valence-corrected chi connectivity index (χ2v) is 8.64. The van der Waals surface area contributed by atoms with Gasteiger partial charge in [-0.15, -0.1) is 4.80 Å². The van der Waals surface area contributed by atoms with Gasteiger partial charge in [-0.1, -0.05) is 6.08 Å². The second kappa shape index (κ2) is 6.53. The molecule has 4 atom stereocenters. The van der Waals surface area contributed by atoms with Crippen molar-refractivity contribution in [3.8, 4) is 0 Å². The average molecular weight is 444 g/mol. The molecule has 2 aliphatic heterocycles. The van der Waals surface area contributed by atoms with Crippen molar-refractivity contribution in [3.63, 3.8) is 0 Å². The van der Waals surface area contributed by atoms with E-state index < -0.39 is 11.9 Å². The third-order valence-corrected chi connectivity index (χ3v) is 6.91. The Bertz CT molecular complexity index is 1130. The Balaban J connectivity index is 1.24. The second-order valence-electron chi connectivity index (χ2n) is 8.64. The van der Waals surface area contributed by atoms with Crippen molar-refractivity contribution in [1.29, 1.82) is 0 Å². The molecule has 4 heterocycles. The molecule has 2 aromatic heterocycles. The maximum Gasteiger partial charge on any atom is 0.434 e. The van der Waals surface area contributed by atoms with Crippen molar-refractivity contribution in [3.05, 3.63) is 48.2 Å². The lowest BCUT2D eigenvalue weighted by Crippen LogP contribution is -2.60. The smallest absolute Gasteiger partial charge is 0.364 e. The number of hydrogen-bond acceptors (Lipinski definition) is 7. The van der Waals surface area contributed by atoms with Gasteiger partial charge in [-0.3, -0.25) is 4.79 Å². The van der Waals surface area contributed by atoms with Crippen molar-refractivity contribution in [2.45, 2.75) is 31.1 Å². The minimum atomic E-state index is -4.53. The highest BCUT2D eigenvalue weighted by atomic mass is 19.4. The number of halogens is 3. The van der Waals surface area contributed by atoms with E-state index in [1.54, 1.807) is 18.5 Å². The predicted molar refractivity (Wildman–Crippen MR) is 105 cm³/mol. The van der Waals surface area contributed by atoms with Crippen molar-refractivity contribution < 1.29 is 18.0 Å². The molecule has 0 bridgehead atoms. The topological polar surface area (TPSA) is 101 Å². The van der Waals surface area contributed by atoms with E-state index in [9.17, 15) is 18.0 Å². The van der Waals surface area contributed by atoms with E-state index in [1.165, 1.54) is 4.80 Å². The van der Waals surface area contributed by atoms with Crippen LogP contribution in [0.4, 0.5) is 19.0 Å². The molecule has 32 heavy (non-hydrogen) atoms. The van der Waals surface area contributed by atoms with E-state index in [2.05, 4.69) is 30.8 Å². The Labute approximate surface area is 180 Å². The summed E-state index contributed by atoms with van der Waals surface area (Å²) < 4.78 is 38.2. The number of nitrogens with zero attached hydrogens (tertiary/aromatic N) is 6. The molecule has 2 N–H and O–H groups in total. The number of hydrogen-bond donors (Lipinski definition) is 2. The SMILES string of the molecule is O=C(C1=C(n2nccn2)NCC=C1)N1CC2CC23CC(Nc2cnc(C(F)(F)F)cn2)C13. The third-order valence-electron chi connectivity index (χ3n) is 6.91. The summed E-state index contributed by atoms with van der Waals surface area (Å²) in [5.74, 6) is 1.16. The number of aromatic nitrogens is 5. The maximum absolute atomic E-state index is 13.5. The highest BCUT2D eigenvalue weighted by Gasteiger charge is 2.75. The van der Waals surface area contributed by atoms with Gasteiger partial charge in [-0.2, -0.15) is 23.4 Å². The molecule has 0 radical (unpaired) electrons. The number of anilines is 1. The Morgan fingerprint density at radius 1 is 1.19 bits per heavy atom. The van der Waals surface area contributed by atoms with E-state index in [0.29, 0.717) is 30.4 Å². The monoisotopic (exact) mass is 444 g/mol. The fraction of sp³-hybridized carbons (Fsp3) is 0.450. The Kier molecular flexibility index (Phi) is 3.93. The minimum Gasteiger partial charge on any atom is -0.364 e. The van der Waals surface area contributed by atoms with Gasteiger partial charge in [-0.25, -0.2) is 9.97 Å². The lowest BCUT2D eigenvalue weighted by atomic mass is 9.71. The zero-order chi connectivity index (χ0) is 22.1. The van der Waals surface area contributed by atoms with Crippen molar-refractivity contribution >= 4 is 17.5 Å². The van der Waals surface area contributed by atoms with E-state index in [0.717, 1.165) is 25.2 Å². The molecular weight excluding hydrogens is 425 g/mol. The van der Waals surface area contributed by atoms with Crippen LogP contribution in [0.2, 0.25) is 0 Å². The van der Waals surface area contributed by atoms with Gasteiger partial charge in [0.1, 0.15) is 5.82 Å². The van der Waals surface area contributed by atoms with Gasteiger partial charge >= 0.3 is 6.18 Å². The van der Waals surface area contributed by atoms with Crippen LogP contribution in [0.25, 0.3) is 5.82 Å². The van der Waals surface area contributed by atoms with E-state index >= 15 is 0 Å². The molecule has 2 aromatic rings. The molecule has 166 valence electrons. The van der Waals surface area contributed by atoms with E-state index in [1.807, 2.05) is 11.0 Å². The average Bonchev–Trinajstić information content (AvgIpc) is 3.14. The van der Waals surface area contributed by atoms with Crippen LogP contribution in [0.15, 0.2) is 42.5 Å². The molecule has 2 saturated carbocycles. The highest BCUT2D eigenvalue weighted by Crippen LogP contribution is 2.71. The maximum atomic E-state index is 13.5. The van der Waals surface area contributed by atoms with E-state index in [-0.39, 0.29) is 29.2 Å². The number of likely N-dealkylation sites (tertiary alicyclic amines) is 1. The van der Waals surface area contributed by atoms with Crippen LogP contribution in [0.5, 0.6) is 0 Å². The van der Waals surface area contributed by atoms with Gasteiger partial charge in [0, 0.05) is 19.1 Å². The fourth-order valence-corrected chi connectivity index (χ4v) is 5.44. The summed E-state index contributed by atoms with van der Waals surface area (Å²) in [6.07, 6.45) is 5.97. The molecule has 9 nitrogen and oxygen atoms in total. The first-order valence-electron chi connectivity index (χ1n) is 10.3. The molecule has 1 saturated heterocycles. The molecule has 2 aliphatic carbocycles. The molecule has 6 rings (SSSR count). The van der Waals surface area contributed by atoms with Gasteiger partial charge in [-0.05, 0) is 30.3 Å². The Hall–Kier alpha value is -3.44. The Morgan fingerprint density at radius 3 is 2.72 bits per heavy atom. The summed E-state index contributed by atoms with van der Waals surface area (Å²) in [7, 11) is 0. The molecule has 1 spiro atoms. The summed E-state index contributed by atoms with van der Waals surface area (Å²) in [5, 5.41) is 14.6. The van der Waals surface area contributed by atoms with Crippen LogP contribution in [0.3, 0.4) is 0 Å². The predicted octanol–water partition coefficient (Wildman–Crippen LogP) is 1.52. The Morgan fingerprint density at radius 2 is 2.00 bits per heavy atom. The number of carbonyl (C=O) groups excluding carboxylic acids is 1. The molecule has 0 aromatic carbocycles. The van der Waals surface area contributed by atoms with E-state index in [4.69, 9.17) is 0 Å². The number of carbonyl (C=O) groups is 1. The number of nitrogens with one attached hydrogen (secondary N) is 2. The third kappa shape index (κ3) is 2.81. The number of amides is 1. The summed E-state index contributed by atoms with van der Waals surface area (Å²) in [6, 6.07) is -0.136. The number of dihydropyridines is 1. The first-order valence-corrected chi connectivity index (χ1v) is 10.3. The quantitative estimate of drug-likeness (QED) is 0.738. The molecule has 3 fully saturated rings. The summed E-state index contributed by atoms with van der Waals surface area (Å²) in [5.41, 5.74) is -0.441. The first-order chi connectivity index (χ1) is 15.4. The fourth-order valence-electron chi connectivity index (χ4n) is 5.44. The van der Waals surface area contributed by atoms with Crippen LogP contribution >= 0.6 is 0 Å². The normalized spacial score (nSPS) is 30.3. The van der Waals surface area contributed by atoms with Crippen LogP contribution in [-0.2, 0) is 11.0 Å². The number of piperidine rings is 1. The highest BCUT2D eigenvalue weighted by molar-refractivity contribution is 6.02. The minimum absolute atomic E-state index is 0.0428. The van der Waals surface area contributed by atoms with Crippen LogP contribution in [0, 0.1) is 11.3 Å². The number of rotatable bonds is 4. The molecule has 4 unspecified atom stereocenters. The van der Waals surface area contributed by atoms with Crippen molar-refractivity contribution in [1.82, 2.24) is 35.2 Å². The van der Waals surface area contributed by atoms with Crippen LogP contribution in [-0.4, -0.2) is 60.9 Å². The van der Waals surface area contributed by atoms with Gasteiger partial charge in [0.15, 0.2) is 11.5 Å². The van der Waals surface area contributed by atoms with Crippen molar-refractivity contribution in [2.24, 2.45) is 11.3 Å². The zero-order valence-corrected chi connectivity index (χ0v) is 16.8. The first kappa shape index (κ1) is 19.3. The molecule has 12 heteroatoms. The molecule has 1 amide bonds. The number of alkyl halides is 3. The van der Waals surface area contributed by atoms with Gasteiger partial charge < -0.3 is 15.5 Å². The summed E-state index contributed by atoms with van der Waals surface area (Å²) in [4.78, 5) is 24.2. The standard InChI is InChI=1S/C20H19F3N8O/c21-20(22,23)14-8-26-15(9-25-14)29-13-7-19-6-11(19)10-30(16(13)19)18(32)12-2-1-3-24-17(12)31-27-4-5-28-31/h1-2,4-5,8-9,11,13,16,24H,3,6-7,10H2,(H,26,29). The van der Waals surface area contributed by atoms with Gasteiger partial charge in [0.25, 0.3) is 5.91 Å². The summed E-state index contributed by atoms with van der Waals surface area (Å²) >= 11 is 0. The molecule has 4 aliphatic rings. The van der Waals surface area contributed by atoms with Crippen LogP contribution < -0.4 is 10.6 Å². The molecular formula is C20H19F3N8O. The lowest BCUT2D eigenvalue weighted by Gasteiger charge is -2.48. The van der Waals surface area contributed by atoms with Gasteiger partial charge in [0.2, 0.25) is 0 Å². The summed E-state index contributed by atoms with van der Waals surface area (Å²) in [6.45, 7) is 1.23. The van der Waals surface area contributed by atoms with Crippen molar-refractivity contribution in [2.75, 3.05) is 18.4 Å². The van der Waals surface area contributed by atoms with Crippen LogP contribution in [0.1, 0.15) is 18.5 Å². The van der Waals surface area contributed by atoms with Gasteiger partial charge in [0.05, 0.1) is 36.4 Å². The lowest BCUT2D eigenvalue weighted by molar-refractivity contribution is -0.141.